The summed E-state index contributed by atoms with van der Waals surface area (Å²) >= 11 is 0. The molecule has 1 amide bonds. The number of benzene rings is 1. The molecule has 1 rings (SSSR count). The quantitative estimate of drug-likeness (QED) is 0.655. The molecule has 1 aromatic rings. The molecule has 0 aliphatic rings. The molecule has 1 unspecified atom stereocenters. The van der Waals surface area contributed by atoms with E-state index in [1.54, 1.807) is 7.11 Å². The van der Waals surface area contributed by atoms with Crippen molar-refractivity contribution in [2.75, 3.05) is 40.4 Å². The topological polar surface area (TPSA) is 67.6 Å². The van der Waals surface area contributed by atoms with Crippen molar-refractivity contribution in [2.24, 2.45) is 5.73 Å². The predicted molar refractivity (Wildman–Crippen MR) is 80.4 cm³/mol. The van der Waals surface area contributed by atoms with Crippen molar-refractivity contribution in [1.29, 1.82) is 0 Å². The van der Waals surface area contributed by atoms with Gasteiger partial charge in [-0.2, -0.15) is 0 Å². The van der Waals surface area contributed by atoms with Gasteiger partial charge in [-0.1, -0.05) is 30.3 Å². The zero-order valence-electron chi connectivity index (χ0n) is 12.3. The Labute approximate surface area is 121 Å². The highest BCUT2D eigenvalue weighted by Crippen LogP contribution is 2.21. The molecule has 0 spiro atoms. The number of methoxy groups -OCH3 is 1. The molecule has 3 N–H and O–H groups in total. The monoisotopic (exact) mass is 279 g/mol. The van der Waals surface area contributed by atoms with Crippen molar-refractivity contribution in [3.8, 4) is 0 Å². The summed E-state index contributed by atoms with van der Waals surface area (Å²) < 4.78 is 4.91. The fourth-order valence-electron chi connectivity index (χ4n) is 2.16. The number of amides is 1. The summed E-state index contributed by atoms with van der Waals surface area (Å²) in [5, 5.41) is 2.83. The largest absolute Gasteiger partial charge is 0.383 e. The molecule has 1 aromatic carbocycles. The first-order valence-electron chi connectivity index (χ1n) is 6.90. The summed E-state index contributed by atoms with van der Waals surface area (Å²) in [4.78, 5) is 13.9. The highest BCUT2D eigenvalue weighted by atomic mass is 16.5. The summed E-state index contributed by atoms with van der Waals surface area (Å²) in [5.74, 6) is 0.00232. The fourth-order valence-corrected chi connectivity index (χ4v) is 2.16. The van der Waals surface area contributed by atoms with E-state index in [1.165, 1.54) is 5.56 Å². The maximum absolute atomic E-state index is 11.8. The van der Waals surface area contributed by atoms with Crippen molar-refractivity contribution in [3.05, 3.63) is 35.9 Å². The Morgan fingerprint density at radius 2 is 2.10 bits per heavy atom. The average Bonchev–Trinajstić information content (AvgIpc) is 2.45. The Morgan fingerprint density at radius 3 is 2.70 bits per heavy atom. The molecular weight excluding hydrogens is 254 g/mol. The van der Waals surface area contributed by atoms with Gasteiger partial charge in [0, 0.05) is 19.7 Å². The molecular formula is C15H25N3O2. The minimum atomic E-state index is 0.00232. The zero-order valence-corrected chi connectivity index (χ0v) is 12.3. The Hall–Kier alpha value is -1.43. The number of hydrogen-bond acceptors (Lipinski definition) is 4. The van der Waals surface area contributed by atoms with Gasteiger partial charge in [0.2, 0.25) is 5.91 Å². The number of likely N-dealkylation sites (N-methyl/N-ethyl adjacent to an activating group) is 1. The zero-order chi connectivity index (χ0) is 14.8. The lowest BCUT2D eigenvalue weighted by Crippen LogP contribution is -2.38. The molecule has 0 aromatic heterocycles. The molecule has 0 heterocycles. The lowest BCUT2D eigenvalue weighted by Gasteiger charge is -2.27. The molecule has 0 saturated carbocycles. The minimum Gasteiger partial charge on any atom is -0.383 e. The molecule has 0 aliphatic heterocycles. The smallest absolute Gasteiger partial charge is 0.234 e. The van der Waals surface area contributed by atoms with Gasteiger partial charge in [0.25, 0.3) is 0 Å². The summed E-state index contributed by atoms with van der Waals surface area (Å²) in [6.45, 7) is 2.01. The van der Waals surface area contributed by atoms with Gasteiger partial charge in [-0.25, -0.2) is 0 Å². The van der Waals surface area contributed by atoms with Crippen molar-refractivity contribution in [2.45, 2.75) is 12.5 Å². The van der Waals surface area contributed by atoms with Crippen LogP contribution in [0.1, 0.15) is 18.0 Å². The van der Waals surface area contributed by atoms with Crippen LogP contribution in [0.5, 0.6) is 0 Å². The molecule has 0 radical (unpaired) electrons. The Morgan fingerprint density at radius 1 is 1.40 bits per heavy atom. The van der Waals surface area contributed by atoms with Crippen LogP contribution in [-0.2, 0) is 9.53 Å². The van der Waals surface area contributed by atoms with Crippen molar-refractivity contribution < 1.29 is 9.53 Å². The third-order valence-electron chi connectivity index (χ3n) is 3.18. The van der Waals surface area contributed by atoms with E-state index < -0.39 is 0 Å². The highest BCUT2D eigenvalue weighted by Gasteiger charge is 2.18. The lowest BCUT2D eigenvalue weighted by atomic mass is 10.0. The van der Waals surface area contributed by atoms with Gasteiger partial charge in [0.1, 0.15) is 0 Å². The van der Waals surface area contributed by atoms with Gasteiger partial charge in [-0.05, 0) is 25.6 Å². The second-order valence-corrected chi connectivity index (χ2v) is 4.76. The number of carbonyl (C=O) groups excluding carboxylic acids is 1. The Bertz CT molecular complexity index is 384. The third kappa shape index (κ3) is 5.69. The SMILES string of the molecule is COCCNC(=O)CN(C)C(CCN)c1ccccc1. The van der Waals surface area contributed by atoms with Crippen molar-refractivity contribution in [1.82, 2.24) is 10.2 Å². The van der Waals surface area contributed by atoms with Gasteiger partial charge in [-0.15, -0.1) is 0 Å². The first kappa shape index (κ1) is 16.6. The van der Waals surface area contributed by atoms with Crippen LogP contribution in [0, 0.1) is 0 Å². The van der Waals surface area contributed by atoms with Crippen LogP contribution in [0.3, 0.4) is 0 Å². The molecule has 5 nitrogen and oxygen atoms in total. The van der Waals surface area contributed by atoms with Crippen LogP contribution < -0.4 is 11.1 Å². The normalized spacial score (nSPS) is 12.4. The van der Waals surface area contributed by atoms with Gasteiger partial charge in [-0.3, -0.25) is 9.69 Å². The van der Waals surface area contributed by atoms with E-state index >= 15 is 0 Å². The second-order valence-electron chi connectivity index (χ2n) is 4.76. The first-order chi connectivity index (χ1) is 9.69. The Kier molecular flexibility index (Phi) is 7.87. The van der Waals surface area contributed by atoms with E-state index in [1.807, 2.05) is 30.1 Å². The van der Waals surface area contributed by atoms with E-state index in [4.69, 9.17) is 10.5 Å². The number of carbonyl (C=O) groups is 1. The maximum Gasteiger partial charge on any atom is 0.234 e. The molecule has 0 saturated heterocycles. The van der Waals surface area contributed by atoms with Crippen molar-refractivity contribution in [3.63, 3.8) is 0 Å². The number of ether oxygens (including phenoxy) is 1. The van der Waals surface area contributed by atoms with Crippen LogP contribution in [0.2, 0.25) is 0 Å². The Balaban J connectivity index is 2.56. The lowest BCUT2D eigenvalue weighted by molar-refractivity contribution is -0.122. The van der Waals surface area contributed by atoms with E-state index in [0.29, 0.717) is 26.2 Å². The average molecular weight is 279 g/mol. The minimum absolute atomic E-state index is 0.00232. The number of nitrogens with two attached hydrogens (primary N) is 1. The van der Waals surface area contributed by atoms with Gasteiger partial charge < -0.3 is 15.8 Å². The highest BCUT2D eigenvalue weighted by molar-refractivity contribution is 5.78. The molecule has 0 bridgehead atoms. The fraction of sp³-hybridized carbons (Fsp3) is 0.533. The van der Waals surface area contributed by atoms with Gasteiger partial charge >= 0.3 is 0 Å². The maximum atomic E-state index is 11.8. The van der Waals surface area contributed by atoms with E-state index in [2.05, 4.69) is 17.4 Å². The van der Waals surface area contributed by atoms with Crippen LogP contribution in [0.15, 0.2) is 30.3 Å². The predicted octanol–water partition coefficient (Wildman–Crippen LogP) is 0.771. The molecule has 20 heavy (non-hydrogen) atoms. The second kappa shape index (κ2) is 9.47. The molecule has 0 fully saturated rings. The summed E-state index contributed by atoms with van der Waals surface area (Å²) in [7, 11) is 3.56. The third-order valence-corrected chi connectivity index (χ3v) is 3.18. The molecule has 1 atom stereocenters. The van der Waals surface area contributed by atoms with Crippen LogP contribution in [0.4, 0.5) is 0 Å². The number of nitrogens with one attached hydrogen (secondary N) is 1. The summed E-state index contributed by atoms with van der Waals surface area (Å²) in [6, 6.07) is 10.3. The molecule has 112 valence electrons. The number of rotatable bonds is 9. The van der Waals surface area contributed by atoms with Crippen LogP contribution in [0.25, 0.3) is 0 Å². The number of hydrogen-bond donors (Lipinski definition) is 2. The van der Waals surface area contributed by atoms with Gasteiger partial charge in [0.05, 0.1) is 13.2 Å². The van der Waals surface area contributed by atoms with Crippen LogP contribution in [-0.4, -0.2) is 51.2 Å². The molecule has 5 heteroatoms. The van der Waals surface area contributed by atoms with E-state index in [9.17, 15) is 4.79 Å². The van der Waals surface area contributed by atoms with Crippen LogP contribution >= 0.6 is 0 Å². The standard InChI is InChI=1S/C15H25N3O2/c1-18(12-15(19)17-10-11-20-2)14(8-9-16)13-6-4-3-5-7-13/h3-7,14H,8-12,16H2,1-2H3,(H,17,19). The first-order valence-corrected chi connectivity index (χ1v) is 6.90. The summed E-state index contributed by atoms with van der Waals surface area (Å²) in [5.41, 5.74) is 6.88. The number of nitrogens with zero attached hydrogens (tertiary/aromatic N) is 1. The van der Waals surface area contributed by atoms with Crippen molar-refractivity contribution >= 4 is 5.91 Å². The van der Waals surface area contributed by atoms with E-state index in [0.717, 1.165) is 6.42 Å². The summed E-state index contributed by atoms with van der Waals surface area (Å²) in [6.07, 6.45) is 0.825. The van der Waals surface area contributed by atoms with Gasteiger partial charge in [0.15, 0.2) is 0 Å². The molecule has 0 aliphatic carbocycles. The van der Waals surface area contributed by atoms with E-state index in [-0.39, 0.29) is 11.9 Å².